The summed E-state index contributed by atoms with van der Waals surface area (Å²) >= 11 is 0. The topological polar surface area (TPSA) is 76.5 Å². The first-order valence-corrected chi connectivity index (χ1v) is 8.29. The molecular weight excluding hydrogens is 296 g/mol. The highest BCUT2D eigenvalue weighted by Crippen LogP contribution is 2.24. The summed E-state index contributed by atoms with van der Waals surface area (Å²) in [6.45, 7) is 1.15. The lowest BCUT2D eigenvalue weighted by molar-refractivity contribution is -0.140. The average molecular weight is 320 g/mol. The highest BCUT2D eigenvalue weighted by Gasteiger charge is 2.30. The van der Waals surface area contributed by atoms with Crippen LogP contribution in [-0.4, -0.2) is 52.8 Å². The first-order valence-electron chi connectivity index (χ1n) is 8.29. The molecule has 2 amide bonds. The Labute approximate surface area is 136 Å². The molecule has 0 aromatic carbocycles. The van der Waals surface area contributed by atoms with Gasteiger partial charge in [-0.1, -0.05) is 12.8 Å². The minimum atomic E-state index is -0.121. The number of amides is 2. The van der Waals surface area contributed by atoms with Crippen LogP contribution in [0.4, 0.5) is 0 Å². The maximum Gasteiger partial charge on any atom is 0.249 e. The van der Waals surface area contributed by atoms with Gasteiger partial charge in [0.2, 0.25) is 11.8 Å². The van der Waals surface area contributed by atoms with Gasteiger partial charge in [-0.25, -0.2) is 0 Å². The third kappa shape index (κ3) is 3.72. The predicted molar refractivity (Wildman–Crippen MR) is 83.6 cm³/mol. The predicted octanol–water partition coefficient (Wildman–Crippen LogP) is 0.862. The first-order chi connectivity index (χ1) is 11.2. The van der Waals surface area contributed by atoms with Gasteiger partial charge in [0, 0.05) is 19.8 Å². The van der Waals surface area contributed by atoms with E-state index in [0.717, 1.165) is 18.5 Å². The molecule has 1 saturated carbocycles. The van der Waals surface area contributed by atoms with Crippen molar-refractivity contribution in [3.8, 4) is 0 Å². The SMILES string of the molecule is CNC(=O)C[C@H]1CN(C(=O)COC2CCCC2)Cc2ccnn21. The van der Waals surface area contributed by atoms with Crippen molar-refractivity contribution in [1.82, 2.24) is 20.0 Å². The minimum Gasteiger partial charge on any atom is -0.368 e. The molecule has 0 radical (unpaired) electrons. The second-order valence-electron chi connectivity index (χ2n) is 6.29. The third-order valence-electron chi connectivity index (χ3n) is 4.68. The van der Waals surface area contributed by atoms with E-state index in [1.54, 1.807) is 18.1 Å². The van der Waals surface area contributed by atoms with Gasteiger partial charge in [-0.05, 0) is 18.9 Å². The summed E-state index contributed by atoms with van der Waals surface area (Å²) in [6.07, 6.45) is 6.76. The van der Waals surface area contributed by atoms with Crippen LogP contribution < -0.4 is 5.32 Å². The molecule has 7 nitrogen and oxygen atoms in total. The second-order valence-corrected chi connectivity index (χ2v) is 6.29. The molecule has 1 fully saturated rings. The minimum absolute atomic E-state index is 0.00810. The molecule has 0 spiro atoms. The zero-order chi connectivity index (χ0) is 16.2. The quantitative estimate of drug-likeness (QED) is 0.873. The molecule has 7 heteroatoms. The summed E-state index contributed by atoms with van der Waals surface area (Å²) in [7, 11) is 1.62. The number of carbonyl (C=O) groups excluding carboxylic acids is 2. The van der Waals surface area contributed by atoms with Crippen molar-refractivity contribution in [2.45, 2.75) is 50.8 Å². The fraction of sp³-hybridized carbons (Fsp3) is 0.688. The molecule has 2 heterocycles. The van der Waals surface area contributed by atoms with Gasteiger partial charge in [-0.2, -0.15) is 5.10 Å². The molecule has 1 aliphatic carbocycles. The number of hydrogen-bond donors (Lipinski definition) is 1. The van der Waals surface area contributed by atoms with E-state index in [4.69, 9.17) is 4.74 Å². The van der Waals surface area contributed by atoms with Crippen molar-refractivity contribution in [2.75, 3.05) is 20.2 Å². The standard InChI is InChI=1S/C16H24N4O3/c1-17-15(21)8-13-10-19(9-12-6-7-18-20(12)13)16(22)11-23-14-4-2-3-5-14/h6-7,13-14H,2-5,8-11H2,1H3,(H,17,21)/t13-/m0/s1. The first kappa shape index (κ1) is 16.0. The number of nitrogens with zero attached hydrogens (tertiary/aromatic N) is 3. The van der Waals surface area contributed by atoms with E-state index in [9.17, 15) is 9.59 Å². The fourth-order valence-electron chi connectivity index (χ4n) is 3.38. The highest BCUT2D eigenvalue weighted by atomic mass is 16.5. The number of fused-ring (bicyclic) bond motifs is 1. The Hall–Kier alpha value is -1.89. The molecule has 1 N–H and O–H groups in total. The van der Waals surface area contributed by atoms with Gasteiger partial charge < -0.3 is 15.0 Å². The van der Waals surface area contributed by atoms with E-state index in [2.05, 4.69) is 10.4 Å². The van der Waals surface area contributed by atoms with Crippen LogP contribution in [-0.2, 0) is 20.9 Å². The lowest BCUT2D eigenvalue weighted by Gasteiger charge is -2.33. The lowest BCUT2D eigenvalue weighted by Crippen LogP contribution is -2.44. The van der Waals surface area contributed by atoms with Crippen molar-refractivity contribution >= 4 is 11.8 Å². The van der Waals surface area contributed by atoms with Gasteiger partial charge in [-0.3, -0.25) is 14.3 Å². The van der Waals surface area contributed by atoms with Crippen molar-refractivity contribution < 1.29 is 14.3 Å². The smallest absolute Gasteiger partial charge is 0.249 e. The van der Waals surface area contributed by atoms with Gasteiger partial charge in [0.1, 0.15) is 6.61 Å². The molecule has 126 valence electrons. The number of rotatable bonds is 5. The van der Waals surface area contributed by atoms with E-state index in [-0.39, 0.29) is 30.6 Å². The largest absolute Gasteiger partial charge is 0.368 e. The van der Waals surface area contributed by atoms with Crippen molar-refractivity contribution in [3.63, 3.8) is 0 Å². The van der Waals surface area contributed by atoms with E-state index < -0.39 is 0 Å². The summed E-state index contributed by atoms with van der Waals surface area (Å²) in [4.78, 5) is 25.9. The Bertz CT molecular complexity index is 565. The maximum atomic E-state index is 12.5. The normalized spacial score (nSPS) is 21.3. The van der Waals surface area contributed by atoms with Gasteiger partial charge >= 0.3 is 0 Å². The molecule has 1 atom stereocenters. The Kier molecular flexibility index (Phi) is 4.95. The Morgan fingerprint density at radius 3 is 2.91 bits per heavy atom. The van der Waals surface area contributed by atoms with Crippen LogP contribution >= 0.6 is 0 Å². The number of carbonyl (C=O) groups is 2. The van der Waals surface area contributed by atoms with Crippen LogP contribution in [0, 0.1) is 0 Å². The van der Waals surface area contributed by atoms with Crippen LogP contribution in [0.15, 0.2) is 12.3 Å². The molecule has 2 aliphatic rings. The van der Waals surface area contributed by atoms with E-state index in [1.807, 2.05) is 10.7 Å². The monoisotopic (exact) mass is 320 g/mol. The zero-order valence-corrected chi connectivity index (χ0v) is 13.5. The third-order valence-corrected chi connectivity index (χ3v) is 4.68. The van der Waals surface area contributed by atoms with E-state index in [0.29, 0.717) is 19.5 Å². The second kappa shape index (κ2) is 7.12. The van der Waals surface area contributed by atoms with Gasteiger partial charge in [0.15, 0.2) is 0 Å². The Morgan fingerprint density at radius 2 is 2.17 bits per heavy atom. The Morgan fingerprint density at radius 1 is 1.39 bits per heavy atom. The van der Waals surface area contributed by atoms with E-state index in [1.165, 1.54) is 12.8 Å². The van der Waals surface area contributed by atoms with Gasteiger partial charge in [-0.15, -0.1) is 0 Å². The van der Waals surface area contributed by atoms with Crippen molar-refractivity contribution in [2.24, 2.45) is 0 Å². The molecule has 0 saturated heterocycles. The van der Waals surface area contributed by atoms with Crippen molar-refractivity contribution in [1.29, 1.82) is 0 Å². The molecule has 0 unspecified atom stereocenters. The molecule has 23 heavy (non-hydrogen) atoms. The summed E-state index contributed by atoms with van der Waals surface area (Å²) < 4.78 is 7.59. The summed E-state index contributed by atoms with van der Waals surface area (Å²) in [5, 5.41) is 6.93. The molecule has 3 rings (SSSR count). The van der Waals surface area contributed by atoms with Crippen LogP contribution in [0.3, 0.4) is 0 Å². The van der Waals surface area contributed by atoms with Crippen LogP contribution in [0.25, 0.3) is 0 Å². The molecule has 0 bridgehead atoms. The van der Waals surface area contributed by atoms with Crippen LogP contribution in [0.2, 0.25) is 0 Å². The van der Waals surface area contributed by atoms with Crippen LogP contribution in [0.5, 0.6) is 0 Å². The lowest BCUT2D eigenvalue weighted by atomic mass is 10.1. The summed E-state index contributed by atoms with van der Waals surface area (Å²) in [5.41, 5.74) is 0.958. The van der Waals surface area contributed by atoms with Crippen LogP contribution in [0.1, 0.15) is 43.8 Å². The van der Waals surface area contributed by atoms with E-state index >= 15 is 0 Å². The summed E-state index contributed by atoms with van der Waals surface area (Å²) in [6, 6.07) is 1.78. The number of aromatic nitrogens is 2. The van der Waals surface area contributed by atoms with Gasteiger partial charge in [0.05, 0.1) is 30.8 Å². The number of nitrogens with one attached hydrogen (secondary N) is 1. The number of ether oxygens (including phenoxy) is 1. The van der Waals surface area contributed by atoms with Gasteiger partial charge in [0.25, 0.3) is 0 Å². The maximum absolute atomic E-state index is 12.5. The molecule has 1 aromatic heterocycles. The fourth-order valence-corrected chi connectivity index (χ4v) is 3.38. The van der Waals surface area contributed by atoms with Crippen molar-refractivity contribution in [3.05, 3.63) is 18.0 Å². The molecule has 1 aromatic rings. The highest BCUT2D eigenvalue weighted by molar-refractivity contribution is 5.78. The number of hydrogen-bond acceptors (Lipinski definition) is 4. The summed E-state index contributed by atoms with van der Waals surface area (Å²) in [5.74, 6) is -0.0563. The molecular formula is C16H24N4O3. The molecule has 1 aliphatic heterocycles. The Balaban J connectivity index is 1.61. The zero-order valence-electron chi connectivity index (χ0n) is 13.5. The average Bonchev–Trinajstić information content (AvgIpc) is 3.23.